The summed E-state index contributed by atoms with van der Waals surface area (Å²) in [4.78, 5) is 41.0. The summed E-state index contributed by atoms with van der Waals surface area (Å²) in [7, 11) is 1.73. The Morgan fingerprint density at radius 3 is 2.41 bits per heavy atom. The number of hydrogen-bond donors (Lipinski definition) is 7. The van der Waals surface area contributed by atoms with Crippen molar-refractivity contribution in [2.45, 2.75) is 35.7 Å². The second-order valence-electron chi connectivity index (χ2n) is 10.8. The molecule has 2 aromatic rings. The molecule has 216 valence electrons. The summed E-state index contributed by atoms with van der Waals surface area (Å²) in [5.41, 5.74) is -8.56. The van der Waals surface area contributed by atoms with Gasteiger partial charge in [0.1, 0.15) is 16.8 Å². The first kappa shape index (κ1) is 29.1. The van der Waals surface area contributed by atoms with E-state index in [-0.39, 0.29) is 16.8 Å². The van der Waals surface area contributed by atoms with E-state index in [1.807, 2.05) is 0 Å². The SMILES string of the molecule is BC1(O)C(=O)NC(=O)C(O)(N2Cc3c(NC(O)(O)c4cc(CN5CCOCC5)ccc4F)cccc3C2=O)C1(B)O. The minimum atomic E-state index is -3.10. The first-order valence-corrected chi connectivity index (χ1v) is 12.9. The molecule has 0 radical (unpaired) electrons. The molecule has 0 bridgehead atoms. The molecule has 0 aromatic heterocycles. The molecule has 3 unspecified atom stereocenters. The minimum Gasteiger partial charge on any atom is -0.391 e. The molecule has 0 spiro atoms. The van der Waals surface area contributed by atoms with Crippen molar-refractivity contribution in [2.75, 3.05) is 31.6 Å². The van der Waals surface area contributed by atoms with Gasteiger partial charge in [-0.05, 0) is 29.8 Å². The fourth-order valence-corrected chi connectivity index (χ4v) is 5.40. The lowest BCUT2D eigenvalue weighted by Gasteiger charge is -2.53. The van der Waals surface area contributed by atoms with Crippen molar-refractivity contribution in [2.24, 2.45) is 0 Å². The number of rotatable bonds is 6. The summed E-state index contributed by atoms with van der Waals surface area (Å²) in [6, 6.07) is 8.04. The molecular weight excluding hydrogens is 541 g/mol. The summed E-state index contributed by atoms with van der Waals surface area (Å²) < 4.78 is 20.2. The lowest BCUT2D eigenvalue weighted by molar-refractivity contribution is -0.232. The van der Waals surface area contributed by atoms with Crippen molar-refractivity contribution in [3.05, 3.63) is 64.5 Å². The van der Waals surface area contributed by atoms with Gasteiger partial charge in [0.25, 0.3) is 23.6 Å². The maximum atomic E-state index is 14.9. The number of amides is 3. The minimum absolute atomic E-state index is 0.0522. The zero-order valence-electron chi connectivity index (χ0n) is 22.3. The monoisotopic (exact) mass is 570 g/mol. The first-order chi connectivity index (χ1) is 19.1. The van der Waals surface area contributed by atoms with Gasteiger partial charge in [-0.15, -0.1) is 0 Å². The highest BCUT2D eigenvalue weighted by atomic mass is 19.1. The second-order valence-corrected chi connectivity index (χ2v) is 10.8. The van der Waals surface area contributed by atoms with Crippen molar-refractivity contribution in [1.29, 1.82) is 0 Å². The molecule has 0 aliphatic carbocycles. The van der Waals surface area contributed by atoms with E-state index in [4.69, 9.17) is 4.74 Å². The van der Waals surface area contributed by atoms with E-state index in [1.54, 1.807) is 5.32 Å². The maximum Gasteiger partial charge on any atom is 0.282 e. The Morgan fingerprint density at radius 2 is 1.73 bits per heavy atom. The van der Waals surface area contributed by atoms with E-state index in [0.29, 0.717) is 43.3 Å². The number of benzene rings is 2. The van der Waals surface area contributed by atoms with Crippen LogP contribution in [0.3, 0.4) is 0 Å². The number of carbonyl (C=O) groups excluding carboxylic acids is 3. The summed E-state index contributed by atoms with van der Waals surface area (Å²) in [5, 5.41) is 59.3. The normalized spacial score (nSPS) is 28.9. The molecular formula is C25H29B2FN4O9. The number of anilines is 1. The van der Waals surface area contributed by atoms with Crippen LogP contribution >= 0.6 is 0 Å². The van der Waals surface area contributed by atoms with E-state index in [1.165, 1.54) is 30.3 Å². The van der Waals surface area contributed by atoms with Crippen molar-refractivity contribution in [1.82, 2.24) is 15.1 Å². The standard InChI is InChI=1S/C25H29B2FN4O9/c26-22(36)20(34)29-21(35)23(37,25(22,27)40)32-12-15-14(19(32)33)2-1-3-18(15)30-24(38,39)16-10-13(4-5-17(16)28)11-31-6-8-41-9-7-31/h1-5,10,30,36-40H,6-9,11-12,26-27H2,(H,29,34,35). The number of nitrogens with one attached hydrogen (secondary N) is 2. The van der Waals surface area contributed by atoms with Crippen molar-refractivity contribution in [3.63, 3.8) is 0 Å². The molecule has 13 nitrogen and oxygen atoms in total. The molecule has 2 fully saturated rings. The third-order valence-corrected chi connectivity index (χ3v) is 8.20. The fraction of sp³-hybridized carbons (Fsp3) is 0.400. The van der Waals surface area contributed by atoms with Gasteiger partial charge in [-0.2, -0.15) is 0 Å². The number of aliphatic hydroxyl groups is 5. The Labute approximate surface area is 235 Å². The van der Waals surface area contributed by atoms with Crippen LogP contribution in [0.1, 0.15) is 27.0 Å². The zero-order valence-corrected chi connectivity index (χ0v) is 22.3. The number of nitrogens with zero attached hydrogens (tertiary/aromatic N) is 2. The number of fused-ring (bicyclic) bond motifs is 1. The number of carbonyl (C=O) groups is 3. The van der Waals surface area contributed by atoms with Gasteiger partial charge in [0.2, 0.25) is 5.72 Å². The number of imide groups is 1. The van der Waals surface area contributed by atoms with Gasteiger partial charge in [0, 0.05) is 36.4 Å². The van der Waals surface area contributed by atoms with Crippen molar-refractivity contribution < 1.29 is 49.0 Å². The molecule has 3 aliphatic rings. The molecule has 2 aromatic carbocycles. The van der Waals surface area contributed by atoms with Gasteiger partial charge in [0.05, 0.1) is 25.3 Å². The van der Waals surface area contributed by atoms with Crippen LogP contribution in [0.2, 0.25) is 0 Å². The topological polar surface area (TPSA) is 192 Å². The molecule has 3 heterocycles. The summed E-state index contributed by atoms with van der Waals surface area (Å²) >= 11 is 0. The van der Waals surface area contributed by atoms with E-state index in [9.17, 15) is 44.3 Å². The Hall–Kier alpha value is -3.37. The second kappa shape index (κ2) is 9.87. The van der Waals surface area contributed by atoms with E-state index in [0.717, 1.165) is 21.8 Å². The molecule has 41 heavy (non-hydrogen) atoms. The average molecular weight is 570 g/mol. The van der Waals surface area contributed by atoms with E-state index >= 15 is 0 Å². The highest BCUT2D eigenvalue weighted by Crippen LogP contribution is 2.42. The predicted molar refractivity (Wildman–Crippen MR) is 144 cm³/mol. The Kier molecular flexibility index (Phi) is 7.02. The van der Waals surface area contributed by atoms with Crippen LogP contribution in [0.15, 0.2) is 36.4 Å². The fourth-order valence-electron chi connectivity index (χ4n) is 5.40. The Morgan fingerprint density at radius 1 is 1.05 bits per heavy atom. The van der Waals surface area contributed by atoms with Crippen LogP contribution in [-0.2, 0) is 33.3 Å². The van der Waals surface area contributed by atoms with Gasteiger partial charge in [-0.3, -0.25) is 29.5 Å². The lowest BCUT2D eigenvalue weighted by atomic mass is 9.51. The van der Waals surface area contributed by atoms with Crippen LogP contribution in [0.4, 0.5) is 10.1 Å². The highest BCUT2D eigenvalue weighted by Gasteiger charge is 2.71. The van der Waals surface area contributed by atoms with Gasteiger partial charge >= 0.3 is 0 Å². The lowest BCUT2D eigenvalue weighted by Crippen LogP contribution is -2.86. The molecule has 5 rings (SSSR count). The quantitative estimate of drug-likeness (QED) is 0.101. The Balaban J connectivity index is 1.45. The molecule has 3 amide bonds. The van der Waals surface area contributed by atoms with Crippen LogP contribution in [0.25, 0.3) is 0 Å². The van der Waals surface area contributed by atoms with E-state index in [2.05, 4.69) is 10.2 Å². The molecule has 0 saturated carbocycles. The number of hydrogen-bond acceptors (Lipinski definition) is 11. The summed E-state index contributed by atoms with van der Waals surface area (Å²) in [5.74, 6) is -7.53. The largest absolute Gasteiger partial charge is 0.391 e. The molecule has 3 aliphatic heterocycles. The zero-order chi connectivity index (χ0) is 30.0. The maximum absolute atomic E-state index is 14.9. The third-order valence-electron chi connectivity index (χ3n) is 8.20. The number of ether oxygens (including phenoxy) is 1. The van der Waals surface area contributed by atoms with Gasteiger partial charge in [0.15, 0.2) is 15.7 Å². The number of piperidine rings is 1. The molecule has 16 heteroatoms. The van der Waals surface area contributed by atoms with Gasteiger partial charge in [-0.1, -0.05) is 12.1 Å². The smallest absolute Gasteiger partial charge is 0.282 e. The van der Waals surface area contributed by atoms with Gasteiger partial charge < -0.3 is 35.6 Å². The molecule has 3 atom stereocenters. The highest BCUT2D eigenvalue weighted by molar-refractivity contribution is 6.39. The first-order valence-electron chi connectivity index (χ1n) is 12.9. The number of morpholine rings is 1. The van der Waals surface area contributed by atoms with Gasteiger partial charge in [-0.25, -0.2) is 4.39 Å². The third kappa shape index (κ3) is 4.52. The van der Waals surface area contributed by atoms with Crippen molar-refractivity contribution >= 4 is 39.1 Å². The molecule has 7 N–H and O–H groups in total. The van der Waals surface area contributed by atoms with Crippen LogP contribution in [-0.4, -0.2) is 112 Å². The average Bonchev–Trinajstić information content (AvgIpc) is 3.26. The van der Waals surface area contributed by atoms with Crippen molar-refractivity contribution in [3.8, 4) is 0 Å². The molecule has 2 saturated heterocycles. The summed E-state index contributed by atoms with van der Waals surface area (Å²) in [6.45, 7) is 2.29. The predicted octanol–water partition coefficient (Wildman–Crippen LogP) is -4.19. The number of halogens is 1. The van der Waals surface area contributed by atoms with Crippen LogP contribution in [0.5, 0.6) is 0 Å². The van der Waals surface area contributed by atoms with Crippen LogP contribution < -0.4 is 10.6 Å². The summed E-state index contributed by atoms with van der Waals surface area (Å²) in [6.07, 6.45) is 0. The Bertz CT molecular complexity index is 1430. The van der Waals surface area contributed by atoms with E-state index < -0.39 is 58.3 Å². The van der Waals surface area contributed by atoms with Crippen LogP contribution in [0, 0.1) is 5.82 Å².